The number of nitrogens with zero attached hydrogens (tertiary/aromatic N) is 2. The van der Waals surface area contributed by atoms with E-state index >= 15 is 0 Å². The summed E-state index contributed by atoms with van der Waals surface area (Å²) in [6.07, 6.45) is -1.15. The average molecular weight is 391 g/mol. The monoisotopic (exact) mass is 391 g/mol. The highest BCUT2D eigenvalue weighted by Crippen LogP contribution is 2.40. The molecule has 0 fully saturated rings. The minimum absolute atomic E-state index is 0.177. The maximum Gasteiger partial charge on any atom is 0.416 e. The van der Waals surface area contributed by atoms with Crippen LogP contribution in [0, 0.1) is 5.92 Å². The molecule has 3 rings (SSSR count). The molecule has 0 saturated heterocycles. The van der Waals surface area contributed by atoms with Crippen molar-refractivity contribution in [1.29, 1.82) is 0 Å². The molecule has 27 heavy (non-hydrogen) atoms. The Morgan fingerprint density at radius 1 is 1.04 bits per heavy atom. The lowest BCUT2D eigenvalue weighted by molar-refractivity contribution is -0.137. The van der Waals surface area contributed by atoms with Gasteiger partial charge in [-0.25, -0.2) is 4.98 Å². The molecule has 1 amide bonds. The van der Waals surface area contributed by atoms with Crippen molar-refractivity contribution >= 4 is 22.4 Å². The average Bonchev–Trinajstić information content (AvgIpc) is 3.05. The van der Waals surface area contributed by atoms with Crippen LogP contribution < -0.4 is 5.32 Å². The van der Waals surface area contributed by atoms with Crippen molar-refractivity contribution in [2.45, 2.75) is 20.0 Å². The molecule has 1 N–H and O–H groups in total. The first-order valence-corrected chi connectivity index (χ1v) is 8.97. The fourth-order valence-electron chi connectivity index (χ4n) is 2.34. The molecule has 3 aromatic rings. The van der Waals surface area contributed by atoms with Crippen molar-refractivity contribution in [1.82, 2.24) is 9.97 Å². The number of carbonyl (C=O) groups is 1. The lowest BCUT2D eigenvalue weighted by Gasteiger charge is -2.07. The predicted octanol–water partition coefficient (Wildman–Crippen LogP) is 5.49. The van der Waals surface area contributed by atoms with Crippen LogP contribution in [0.5, 0.6) is 0 Å². The molecule has 0 aliphatic rings. The number of nitrogens with one attached hydrogen (secondary N) is 1. The zero-order valence-corrected chi connectivity index (χ0v) is 15.4. The Morgan fingerprint density at radius 3 is 2.22 bits per heavy atom. The molecule has 0 bridgehead atoms. The summed E-state index contributed by atoms with van der Waals surface area (Å²) < 4.78 is 38.5. The summed E-state index contributed by atoms with van der Waals surface area (Å²) in [6, 6.07) is 8.40. The number of amides is 1. The Bertz CT molecular complexity index is 935. The number of hydrogen-bond acceptors (Lipinski definition) is 4. The molecule has 140 valence electrons. The highest BCUT2D eigenvalue weighted by molar-refractivity contribution is 7.19. The number of benzene rings is 1. The minimum atomic E-state index is -4.40. The maximum atomic E-state index is 12.8. The van der Waals surface area contributed by atoms with E-state index in [0.29, 0.717) is 16.4 Å². The molecule has 4 nitrogen and oxygen atoms in total. The summed E-state index contributed by atoms with van der Waals surface area (Å²) in [6.45, 7) is 3.53. The molecular weight excluding hydrogens is 375 g/mol. The van der Waals surface area contributed by atoms with Crippen LogP contribution in [0.2, 0.25) is 0 Å². The van der Waals surface area contributed by atoms with Gasteiger partial charge in [0, 0.05) is 23.9 Å². The predicted molar refractivity (Wildman–Crippen MR) is 99.3 cm³/mol. The normalized spacial score (nSPS) is 11.6. The number of aromatic nitrogens is 2. The van der Waals surface area contributed by atoms with Gasteiger partial charge in [0.1, 0.15) is 0 Å². The number of alkyl halides is 3. The van der Waals surface area contributed by atoms with Crippen molar-refractivity contribution in [2.24, 2.45) is 5.92 Å². The van der Waals surface area contributed by atoms with Gasteiger partial charge in [0.15, 0.2) is 5.13 Å². The summed E-state index contributed by atoms with van der Waals surface area (Å²) in [7, 11) is 0. The SMILES string of the molecule is CC(C)C(=O)Nc1nc(-c2ccc(C(F)(F)F)cc2)c(-c2ccncc2)s1. The van der Waals surface area contributed by atoms with Gasteiger partial charge in [-0.2, -0.15) is 13.2 Å². The molecule has 0 spiro atoms. The van der Waals surface area contributed by atoms with E-state index in [2.05, 4.69) is 15.3 Å². The van der Waals surface area contributed by atoms with Crippen molar-refractivity contribution < 1.29 is 18.0 Å². The summed E-state index contributed by atoms with van der Waals surface area (Å²) in [5.41, 5.74) is 1.15. The molecule has 0 radical (unpaired) electrons. The van der Waals surface area contributed by atoms with Crippen molar-refractivity contribution in [3.05, 3.63) is 54.4 Å². The van der Waals surface area contributed by atoms with Crippen LogP contribution in [0.15, 0.2) is 48.8 Å². The lowest BCUT2D eigenvalue weighted by Crippen LogP contribution is -2.17. The van der Waals surface area contributed by atoms with E-state index in [1.807, 2.05) is 0 Å². The standard InChI is InChI=1S/C19H16F3N3OS/c1-11(2)17(26)25-18-24-15(16(27-18)13-7-9-23-10-8-13)12-3-5-14(6-4-12)19(20,21)22/h3-11H,1-2H3,(H,24,25,26). The van der Waals surface area contributed by atoms with E-state index in [1.54, 1.807) is 38.4 Å². The zero-order valence-electron chi connectivity index (χ0n) is 14.5. The third-order valence-corrected chi connectivity index (χ3v) is 4.83. The van der Waals surface area contributed by atoms with Crippen molar-refractivity contribution in [3.63, 3.8) is 0 Å². The molecule has 2 heterocycles. The number of hydrogen-bond donors (Lipinski definition) is 1. The Balaban J connectivity index is 2.05. The molecule has 0 saturated carbocycles. The fourth-order valence-corrected chi connectivity index (χ4v) is 3.33. The van der Waals surface area contributed by atoms with Gasteiger partial charge in [0.2, 0.25) is 5.91 Å². The highest BCUT2D eigenvalue weighted by atomic mass is 32.1. The largest absolute Gasteiger partial charge is 0.416 e. The first kappa shape index (κ1) is 19.0. The van der Waals surface area contributed by atoms with E-state index in [9.17, 15) is 18.0 Å². The molecule has 0 aliphatic carbocycles. The summed E-state index contributed by atoms with van der Waals surface area (Å²) >= 11 is 1.27. The molecule has 1 aromatic carbocycles. The van der Waals surface area contributed by atoms with E-state index in [0.717, 1.165) is 22.6 Å². The highest BCUT2D eigenvalue weighted by Gasteiger charge is 2.30. The molecule has 0 aliphatic heterocycles. The number of carbonyl (C=O) groups excluding carboxylic acids is 1. The van der Waals surface area contributed by atoms with Gasteiger partial charge in [0.05, 0.1) is 16.1 Å². The van der Waals surface area contributed by atoms with E-state index < -0.39 is 11.7 Å². The van der Waals surface area contributed by atoms with Crippen LogP contribution in [0.1, 0.15) is 19.4 Å². The molecule has 8 heteroatoms. The van der Waals surface area contributed by atoms with Gasteiger partial charge in [-0.3, -0.25) is 9.78 Å². The number of rotatable bonds is 4. The van der Waals surface area contributed by atoms with Crippen molar-refractivity contribution in [2.75, 3.05) is 5.32 Å². The summed E-state index contributed by atoms with van der Waals surface area (Å²) in [5, 5.41) is 3.15. The third kappa shape index (κ3) is 4.33. The summed E-state index contributed by atoms with van der Waals surface area (Å²) in [4.78, 5) is 21.2. The number of halogens is 3. The van der Waals surface area contributed by atoms with Crippen LogP contribution in [-0.4, -0.2) is 15.9 Å². The number of anilines is 1. The van der Waals surface area contributed by atoms with Crippen molar-refractivity contribution in [3.8, 4) is 21.7 Å². The second kappa shape index (κ2) is 7.48. The van der Waals surface area contributed by atoms with Gasteiger partial charge >= 0.3 is 6.18 Å². The van der Waals surface area contributed by atoms with Gasteiger partial charge in [-0.15, -0.1) is 0 Å². The van der Waals surface area contributed by atoms with Gasteiger partial charge < -0.3 is 5.32 Å². The first-order valence-electron chi connectivity index (χ1n) is 8.15. The van der Waals surface area contributed by atoms with E-state index in [1.165, 1.54) is 23.5 Å². The van der Waals surface area contributed by atoms with E-state index in [4.69, 9.17) is 0 Å². The Kier molecular flexibility index (Phi) is 5.27. The van der Waals surface area contributed by atoms with Crippen LogP contribution in [-0.2, 0) is 11.0 Å². The van der Waals surface area contributed by atoms with E-state index in [-0.39, 0.29) is 11.8 Å². The number of pyridine rings is 1. The smallest absolute Gasteiger partial charge is 0.302 e. The Hall–Kier alpha value is -2.74. The second-order valence-electron chi connectivity index (χ2n) is 6.15. The van der Waals surface area contributed by atoms with Crippen LogP contribution in [0.4, 0.5) is 18.3 Å². The maximum absolute atomic E-state index is 12.8. The summed E-state index contributed by atoms with van der Waals surface area (Å²) in [5.74, 6) is -0.392. The Labute approximate surface area is 158 Å². The third-order valence-electron chi connectivity index (χ3n) is 3.81. The molecule has 0 unspecified atom stereocenters. The molecule has 0 atom stereocenters. The van der Waals surface area contributed by atoms with Crippen LogP contribution in [0.3, 0.4) is 0 Å². The minimum Gasteiger partial charge on any atom is -0.302 e. The quantitative estimate of drug-likeness (QED) is 0.640. The Morgan fingerprint density at radius 2 is 1.67 bits per heavy atom. The van der Waals surface area contributed by atoms with Gasteiger partial charge in [-0.1, -0.05) is 37.3 Å². The zero-order chi connectivity index (χ0) is 19.6. The fraction of sp³-hybridized carbons (Fsp3) is 0.211. The van der Waals surface area contributed by atoms with Gasteiger partial charge in [-0.05, 0) is 29.8 Å². The number of thiazole rings is 1. The topological polar surface area (TPSA) is 54.9 Å². The van der Waals surface area contributed by atoms with Crippen LogP contribution >= 0.6 is 11.3 Å². The molecular formula is C19H16F3N3OS. The first-order chi connectivity index (χ1) is 12.8. The second-order valence-corrected chi connectivity index (χ2v) is 7.15. The molecule has 2 aromatic heterocycles. The van der Waals surface area contributed by atoms with Gasteiger partial charge in [0.25, 0.3) is 0 Å². The van der Waals surface area contributed by atoms with Crippen LogP contribution in [0.25, 0.3) is 21.7 Å². The lowest BCUT2D eigenvalue weighted by atomic mass is 10.1.